The lowest BCUT2D eigenvalue weighted by Crippen LogP contribution is -2.53. The molecule has 0 aliphatic carbocycles. The van der Waals surface area contributed by atoms with Gasteiger partial charge in [-0.15, -0.1) is 0 Å². The number of nitrogens with zero attached hydrogens (tertiary/aromatic N) is 2. The van der Waals surface area contributed by atoms with E-state index in [-0.39, 0.29) is 30.6 Å². The van der Waals surface area contributed by atoms with Gasteiger partial charge in [-0.3, -0.25) is 14.4 Å². The first-order valence-electron chi connectivity index (χ1n) is 14.2. The van der Waals surface area contributed by atoms with E-state index >= 15 is 0 Å². The average molecular weight is 611 g/mol. The largest absolute Gasteiger partial charge is 0.480 e. The summed E-state index contributed by atoms with van der Waals surface area (Å²) in [5, 5.41) is 20.8. The van der Waals surface area contributed by atoms with Crippen molar-refractivity contribution < 1.29 is 33.8 Å². The third-order valence-electron chi connectivity index (χ3n) is 5.91. The highest BCUT2D eigenvalue weighted by Crippen LogP contribution is 2.10. The number of amides is 4. The zero-order chi connectivity index (χ0) is 31.7. The fourth-order valence-electron chi connectivity index (χ4n) is 3.71. The zero-order valence-electron chi connectivity index (χ0n) is 25.5. The van der Waals surface area contributed by atoms with E-state index in [0.717, 1.165) is 0 Å². The maximum Gasteiger partial charge on any atom is 0.407 e. The number of hydrogen-bond donors (Lipinski definition) is 5. The van der Waals surface area contributed by atoms with Gasteiger partial charge in [0.05, 0.1) is 5.56 Å². The molecule has 1 aromatic rings. The predicted molar refractivity (Wildman–Crippen MR) is 159 cm³/mol. The second-order valence-electron chi connectivity index (χ2n) is 11.1. The van der Waals surface area contributed by atoms with E-state index < -0.39 is 35.7 Å². The van der Waals surface area contributed by atoms with Crippen LogP contribution in [0.25, 0.3) is 0 Å². The smallest absolute Gasteiger partial charge is 0.407 e. The van der Waals surface area contributed by atoms with Gasteiger partial charge in [0.2, 0.25) is 11.8 Å². The Morgan fingerprint density at radius 1 is 0.929 bits per heavy atom. The van der Waals surface area contributed by atoms with Crippen LogP contribution in [0.3, 0.4) is 0 Å². The minimum atomic E-state index is -1.17. The van der Waals surface area contributed by atoms with Gasteiger partial charge in [0.25, 0.3) is 5.91 Å². The summed E-state index contributed by atoms with van der Waals surface area (Å²) in [5.74, 6) is -2.56. The first-order valence-corrected chi connectivity index (χ1v) is 15.4. The van der Waals surface area contributed by atoms with Crippen molar-refractivity contribution in [3.8, 4) is 0 Å². The number of alkyl carbamates (subject to hydrolysis) is 1. The van der Waals surface area contributed by atoms with Gasteiger partial charge in [-0.2, -0.15) is 0 Å². The number of carbonyl (C=O) groups is 5. The van der Waals surface area contributed by atoms with Crippen LogP contribution in [-0.4, -0.2) is 81.9 Å². The maximum absolute atomic E-state index is 12.9. The molecular formula is C28H46N6O7S. The molecule has 42 heavy (non-hydrogen) atoms. The minimum Gasteiger partial charge on any atom is -0.480 e. The SMILES string of the molecule is CSc1ncc(C(=O)NCCCCCC(=O)N[C@H](C(=O)N[C@@H](CCCCNC(=O)OC(C)(C)C)C(=O)O)C(C)C)cn1. The fraction of sp³-hybridized carbons (Fsp3) is 0.679. The van der Waals surface area contributed by atoms with Gasteiger partial charge in [0, 0.05) is 31.9 Å². The molecule has 13 nitrogen and oxygen atoms in total. The van der Waals surface area contributed by atoms with Crippen LogP contribution in [0.15, 0.2) is 17.6 Å². The fourth-order valence-corrected chi connectivity index (χ4v) is 4.02. The van der Waals surface area contributed by atoms with Gasteiger partial charge in [0.15, 0.2) is 5.16 Å². The van der Waals surface area contributed by atoms with Crippen LogP contribution in [0.1, 0.15) is 89.9 Å². The normalized spacial score (nSPS) is 12.6. The van der Waals surface area contributed by atoms with Gasteiger partial charge in [0.1, 0.15) is 17.7 Å². The van der Waals surface area contributed by atoms with Crippen molar-refractivity contribution >= 4 is 41.5 Å². The molecule has 0 radical (unpaired) electrons. The topological polar surface area (TPSA) is 189 Å². The molecule has 1 heterocycles. The number of rotatable bonds is 18. The highest BCUT2D eigenvalue weighted by molar-refractivity contribution is 7.98. The molecule has 0 saturated heterocycles. The summed E-state index contributed by atoms with van der Waals surface area (Å²) >= 11 is 1.39. The van der Waals surface area contributed by atoms with Crippen LogP contribution >= 0.6 is 11.8 Å². The lowest BCUT2D eigenvalue weighted by atomic mass is 10.0. The van der Waals surface area contributed by atoms with Crippen LogP contribution < -0.4 is 21.3 Å². The average Bonchev–Trinajstić information content (AvgIpc) is 2.91. The summed E-state index contributed by atoms with van der Waals surface area (Å²) < 4.78 is 5.15. The summed E-state index contributed by atoms with van der Waals surface area (Å²) in [6, 6.07) is -2.00. The molecule has 0 fully saturated rings. The van der Waals surface area contributed by atoms with E-state index in [2.05, 4.69) is 31.2 Å². The van der Waals surface area contributed by atoms with E-state index in [1.807, 2.05) is 6.26 Å². The van der Waals surface area contributed by atoms with Crippen LogP contribution in [0.2, 0.25) is 0 Å². The second-order valence-corrected chi connectivity index (χ2v) is 11.9. The van der Waals surface area contributed by atoms with E-state index in [1.54, 1.807) is 34.6 Å². The van der Waals surface area contributed by atoms with E-state index in [4.69, 9.17) is 4.74 Å². The molecule has 0 aliphatic heterocycles. The van der Waals surface area contributed by atoms with Crippen molar-refractivity contribution in [2.75, 3.05) is 19.3 Å². The summed E-state index contributed by atoms with van der Waals surface area (Å²) in [6.45, 7) is 9.56. The minimum absolute atomic E-state index is 0.169. The number of carbonyl (C=O) groups excluding carboxylic acids is 4. The Hall–Kier alpha value is -3.42. The molecule has 14 heteroatoms. The number of carboxylic acids is 1. The zero-order valence-corrected chi connectivity index (χ0v) is 26.3. The second kappa shape index (κ2) is 18.9. The lowest BCUT2D eigenvalue weighted by Gasteiger charge is -2.24. The molecular weight excluding hydrogens is 564 g/mol. The Kier molecular flexibility index (Phi) is 16.5. The van der Waals surface area contributed by atoms with E-state index in [9.17, 15) is 29.1 Å². The Morgan fingerprint density at radius 3 is 2.12 bits per heavy atom. The standard InChI is InChI=1S/C28H46N6O7S/c1-18(2)22(24(37)33-20(25(38)39)12-9-11-15-30-27(40)41-28(3,4)5)34-21(35)13-8-7-10-14-29-23(36)19-16-31-26(42-6)32-17-19/h16-18,20,22H,7-15H2,1-6H3,(H,29,36)(H,30,40)(H,33,37)(H,34,35)(H,38,39)/t20-,22-/m0/s1. The van der Waals surface area contributed by atoms with Gasteiger partial charge in [-0.25, -0.2) is 19.6 Å². The first kappa shape index (κ1) is 36.6. The Balaban J connectivity index is 2.38. The van der Waals surface area contributed by atoms with E-state index in [1.165, 1.54) is 24.2 Å². The number of thioether (sulfide) groups is 1. The highest BCUT2D eigenvalue weighted by atomic mass is 32.2. The number of aliphatic carboxylic acids is 1. The number of nitrogens with one attached hydrogen (secondary N) is 4. The number of hydrogen-bond acceptors (Lipinski definition) is 9. The number of unbranched alkanes of at least 4 members (excludes halogenated alkanes) is 3. The van der Waals surface area contributed by atoms with Gasteiger partial charge in [-0.05, 0) is 65.0 Å². The summed E-state index contributed by atoms with van der Waals surface area (Å²) in [4.78, 5) is 69.1. The molecule has 0 unspecified atom stereocenters. The third-order valence-corrected chi connectivity index (χ3v) is 6.48. The Labute approximate surface area is 252 Å². The van der Waals surface area contributed by atoms with Crippen LogP contribution in [0, 0.1) is 5.92 Å². The van der Waals surface area contributed by atoms with Crippen molar-refractivity contribution in [3.05, 3.63) is 18.0 Å². The van der Waals surface area contributed by atoms with Crippen molar-refractivity contribution in [1.82, 2.24) is 31.2 Å². The van der Waals surface area contributed by atoms with Crippen molar-refractivity contribution in [3.63, 3.8) is 0 Å². The summed E-state index contributed by atoms with van der Waals surface area (Å²) in [6.07, 6.45) is 7.51. The van der Waals surface area contributed by atoms with Crippen LogP contribution in [0.5, 0.6) is 0 Å². The molecule has 5 N–H and O–H groups in total. The first-order chi connectivity index (χ1) is 19.7. The molecule has 0 aliphatic rings. The molecule has 0 bridgehead atoms. The van der Waals surface area contributed by atoms with Crippen LogP contribution in [0.4, 0.5) is 4.79 Å². The van der Waals surface area contributed by atoms with Crippen molar-refractivity contribution in [2.24, 2.45) is 5.92 Å². The quantitative estimate of drug-likeness (QED) is 0.0939. The molecule has 2 atom stereocenters. The van der Waals surface area contributed by atoms with Crippen molar-refractivity contribution in [2.45, 2.75) is 102 Å². The highest BCUT2D eigenvalue weighted by Gasteiger charge is 2.28. The number of carboxylic acid groups (broad SMARTS) is 1. The predicted octanol–water partition coefficient (Wildman–Crippen LogP) is 2.89. The Bertz CT molecular complexity index is 1030. The molecule has 1 aromatic heterocycles. The summed E-state index contributed by atoms with van der Waals surface area (Å²) in [5.41, 5.74) is -0.229. The van der Waals surface area contributed by atoms with Gasteiger partial charge in [-0.1, -0.05) is 32.0 Å². The van der Waals surface area contributed by atoms with Gasteiger partial charge < -0.3 is 31.1 Å². The molecule has 1 rings (SSSR count). The van der Waals surface area contributed by atoms with E-state index in [0.29, 0.717) is 55.9 Å². The monoisotopic (exact) mass is 610 g/mol. The molecule has 0 spiro atoms. The van der Waals surface area contributed by atoms with Gasteiger partial charge >= 0.3 is 12.1 Å². The molecule has 236 valence electrons. The number of aromatic nitrogens is 2. The van der Waals surface area contributed by atoms with Crippen LogP contribution in [-0.2, 0) is 19.1 Å². The molecule has 4 amide bonds. The third kappa shape index (κ3) is 15.5. The molecule has 0 saturated carbocycles. The van der Waals surface area contributed by atoms with Crippen molar-refractivity contribution in [1.29, 1.82) is 0 Å². The number of ether oxygens (including phenoxy) is 1. The summed E-state index contributed by atoms with van der Waals surface area (Å²) in [7, 11) is 0. The maximum atomic E-state index is 12.9. The lowest BCUT2D eigenvalue weighted by molar-refractivity contribution is -0.142. The molecule has 0 aromatic carbocycles. The Morgan fingerprint density at radius 2 is 1.55 bits per heavy atom.